The molecule has 0 aromatic carbocycles. The zero-order chi connectivity index (χ0) is 12.4. The van der Waals surface area contributed by atoms with Crippen LogP contribution in [-0.4, -0.2) is 18.5 Å². The van der Waals surface area contributed by atoms with Crippen LogP contribution in [0, 0.1) is 5.92 Å². The van der Waals surface area contributed by atoms with Gasteiger partial charge in [0.05, 0.1) is 0 Å². The van der Waals surface area contributed by atoms with Crippen molar-refractivity contribution in [3.63, 3.8) is 0 Å². The van der Waals surface area contributed by atoms with Gasteiger partial charge in [0.2, 0.25) is 5.91 Å². The summed E-state index contributed by atoms with van der Waals surface area (Å²) in [7, 11) is 0. The van der Waals surface area contributed by atoms with Crippen molar-refractivity contribution in [2.45, 2.75) is 65.3 Å². The summed E-state index contributed by atoms with van der Waals surface area (Å²) in [6.45, 7) is 6.94. The number of hydrogen-bond donors (Lipinski definition) is 2. The van der Waals surface area contributed by atoms with Crippen molar-refractivity contribution in [2.75, 3.05) is 6.54 Å². The Bertz CT molecular complexity index is 183. The molecule has 16 heavy (non-hydrogen) atoms. The molecule has 3 N–H and O–H groups in total. The van der Waals surface area contributed by atoms with E-state index in [0.717, 1.165) is 19.3 Å². The van der Waals surface area contributed by atoms with Crippen LogP contribution < -0.4 is 11.1 Å². The maximum absolute atomic E-state index is 11.7. The van der Waals surface area contributed by atoms with Gasteiger partial charge in [0.15, 0.2) is 0 Å². The van der Waals surface area contributed by atoms with Crippen LogP contribution in [0.4, 0.5) is 0 Å². The van der Waals surface area contributed by atoms with E-state index in [4.69, 9.17) is 5.73 Å². The predicted octanol–water partition coefficient (Wildman–Crippen LogP) is 2.45. The van der Waals surface area contributed by atoms with Gasteiger partial charge < -0.3 is 11.1 Å². The second-order valence-electron chi connectivity index (χ2n) is 4.74. The van der Waals surface area contributed by atoms with Gasteiger partial charge in [-0.25, -0.2) is 0 Å². The van der Waals surface area contributed by atoms with Crippen LogP contribution in [0.25, 0.3) is 0 Å². The Morgan fingerprint density at radius 2 is 1.94 bits per heavy atom. The van der Waals surface area contributed by atoms with Crippen molar-refractivity contribution < 1.29 is 4.79 Å². The molecule has 0 aromatic rings. The first-order valence-electron chi connectivity index (χ1n) is 6.63. The molecule has 0 saturated heterocycles. The largest absolute Gasteiger partial charge is 0.353 e. The fourth-order valence-corrected chi connectivity index (χ4v) is 1.77. The molecule has 96 valence electrons. The van der Waals surface area contributed by atoms with Crippen LogP contribution >= 0.6 is 0 Å². The zero-order valence-corrected chi connectivity index (χ0v) is 11.1. The quantitative estimate of drug-likeness (QED) is 0.637. The zero-order valence-electron chi connectivity index (χ0n) is 11.1. The van der Waals surface area contributed by atoms with Crippen molar-refractivity contribution in [1.82, 2.24) is 5.32 Å². The van der Waals surface area contributed by atoms with Crippen LogP contribution in [0.15, 0.2) is 0 Å². The van der Waals surface area contributed by atoms with Crippen molar-refractivity contribution in [3.05, 3.63) is 0 Å². The Hall–Kier alpha value is -0.570. The number of carbonyl (C=O) groups is 1. The van der Waals surface area contributed by atoms with Crippen molar-refractivity contribution in [3.8, 4) is 0 Å². The van der Waals surface area contributed by atoms with Crippen LogP contribution in [0.1, 0.15) is 59.3 Å². The average molecular weight is 228 g/mol. The molecule has 0 aliphatic heterocycles. The molecule has 0 rings (SSSR count). The van der Waals surface area contributed by atoms with E-state index in [-0.39, 0.29) is 11.8 Å². The predicted molar refractivity (Wildman–Crippen MR) is 69.2 cm³/mol. The summed E-state index contributed by atoms with van der Waals surface area (Å²) in [5.41, 5.74) is 5.51. The highest BCUT2D eigenvalue weighted by molar-refractivity contribution is 5.76. The van der Waals surface area contributed by atoms with Crippen molar-refractivity contribution in [1.29, 1.82) is 0 Å². The third kappa shape index (κ3) is 7.69. The minimum absolute atomic E-state index is 0.160. The van der Waals surface area contributed by atoms with Crippen molar-refractivity contribution >= 4 is 5.91 Å². The first-order chi connectivity index (χ1) is 7.63. The molecule has 0 saturated carbocycles. The summed E-state index contributed by atoms with van der Waals surface area (Å²) in [5.74, 6) is 0.445. The summed E-state index contributed by atoms with van der Waals surface area (Å²) in [5, 5.41) is 3.12. The number of nitrogens with two attached hydrogens (primary N) is 1. The Morgan fingerprint density at radius 3 is 2.44 bits per heavy atom. The summed E-state index contributed by atoms with van der Waals surface area (Å²) in [4.78, 5) is 11.7. The lowest BCUT2D eigenvalue weighted by Crippen LogP contribution is -2.36. The van der Waals surface area contributed by atoms with E-state index in [1.165, 1.54) is 12.8 Å². The van der Waals surface area contributed by atoms with Gasteiger partial charge >= 0.3 is 0 Å². The van der Waals surface area contributed by atoms with Gasteiger partial charge in [-0.2, -0.15) is 0 Å². The Labute approximate surface area is 100 Å². The molecule has 3 heteroatoms. The summed E-state index contributed by atoms with van der Waals surface area (Å²) >= 11 is 0. The maximum atomic E-state index is 11.7. The molecule has 3 nitrogen and oxygen atoms in total. The van der Waals surface area contributed by atoms with Crippen LogP contribution in [0.3, 0.4) is 0 Å². The number of rotatable bonds is 9. The van der Waals surface area contributed by atoms with Crippen LogP contribution in [-0.2, 0) is 4.79 Å². The number of carbonyl (C=O) groups excluding carboxylic acids is 1. The SMILES string of the molecule is CCCCC(CCC)NC(=O)CC(C)CN. The number of hydrogen-bond acceptors (Lipinski definition) is 2. The minimum Gasteiger partial charge on any atom is -0.353 e. The van der Waals surface area contributed by atoms with Gasteiger partial charge in [0.1, 0.15) is 0 Å². The molecule has 0 heterocycles. The fraction of sp³-hybridized carbons (Fsp3) is 0.923. The van der Waals surface area contributed by atoms with Gasteiger partial charge in [-0.05, 0) is 25.3 Å². The fourth-order valence-electron chi connectivity index (χ4n) is 1.77. The third-order valence-electron chi connectivity index (χ3n) is 2.84. The molecule has 0 spiro atoms. The Balaban J connectivity index is 3.91. The monoisotopic (exact) mass is 228 g/mol. The molecule has 0 fully saturated rings. The van der Waals surface area contributed by atoms with Gasteiger partial charge in [0.25, 0.3) is 0 Å². The Morgan fingerprint density at radius 1 is 1.25 bits per heavy atom. The molecule has 2 atom stereocenters. The van der Waals surface area contributed by atoms with E-state index >= 15 is 0 Å². The standard InChI is InChI=1S/C13H28N2O/c1-4-6-8-12(7-5-2)15-13(16)9-11(3)10-14/h11-12H,4-10,14H2,1-3H3,(H,15,16). The maximum Gasteiger partial charge on any atom is 0.220 e. The third-order valence-corrected chi connectivity index (χ3v) is 2.84. The molecule has 0 aliphatic rings. The van der Waals surface area contributed by atoms with Gasteiger partial charge in [0, 0.05) is 12.5 Å². The number of nitrogens with one attached hydrogen (secondary N) is 1. The first-order valence-corrected chi connectivity index (χ1v) is 6.63. The minimum atomic E-state index is 0.160. The van der Waals surface area contributed by atoms with Crippen LogP contribution in [0.5, 0.6) is 0 Å². The molecule has 0 aliphatic carbocycles. The van der Waals surface area contributed by atoms with E-state index in [1.807, 2.05) is 6.92 Å². The van der Waals surface area contributed by atoms with Gasteiger partial charge in [-0.3, -0.25) is 4.79 Å². The van der Waals surface area contributed by atoms with E-state index in [2.05, 4.69) is 19.2 Å². The molecule has 1 amide bonds. The lowest BCUT2D eigenvalue weighted by Gasteiger charge is -2.19. The molecule has 0 aromatic heterocycles. The lowest BCUT2D eigenvalue weighted by atomic mass is 10.0. The normalized spacial score (nSPS) is 14.5. The molecule has 0 radical (unpaired) electrons. The highest BCUT2D eigenvalue weighted by Gasteiger charge is 2.12. The first kappa shape index (κ1) is 15.4. The highest BCUT2D eigenvalue weighted by Crippen LogP contribution is 2.08. The summed E-state index contributed by atoms with van der Waals surface area (Å²) < 4.78 is 0. The average Bonchev–Trinajstić information content (AvgIpc) is 2.25. The lowest BCUT2D eigenvalue weighted by molar-refractivity contribution is -0.122. The van der Waals surface area contributed by atoms with E-state index in [9.17, 15) is 4.79 Å². The second kappa shape index (κ2) is 9.64. The highest BCUT2D eigenvalue weighted by atomic mass is 16.1. The molecular formula is C13H28N2O. The van der Waals surface area contributed by atoms with E-state index in [1.54, 1.807) is 0 Å². The van der Waals surface area contributed by atoms with Crippen molar-refractivity contribution in [2.24, 2.45) is 11.7 Å². The number of unbranched alkanes of at least 4 members (excludes halogenated alkanes) is 1. The molecule has 0 bridgehead atoms. The molecule has 2 unspecified atom stereocenters. The summed E-state index contributed by atoms with van der Waals surface area (Å²) in [6.07, 6.45) is 6.26. The smallest absolute Gasteiger partial charge is 0.220 e. The van der Waals surface area contributed by atoms with E-state index in [0.29, 0.717) is 19.0 Å². The van der Waals surface area contributed by atoms with Gasteiger partial charge in [-0.15, -0.1) is 0 Å². The van der Waals surface area contributed by atoms with Crippen LogP contribution in [0.2, 0.25) is 0 Å². The Kier molecular flexibility index (Phi) is 9.30. The van der Waals surface area contributed by atoms with E-state index < -0.39 is 0 Å². The van der Waals surface area contributed by atoms with Gasteiger partial charge in [-0.1, -0.05) is 40.0 Å². The summed E-state index contributed by atoms with van der Waals surface area (Å²) in [6, 6.07) is 0.363. The second-order valence-corrected chi connectivity index (χ2v) is 4.74. The molecular weight excluding hydrogens is 200 g/mol. The number of amides is 1. The topological polar surface area (TPSA) is 55.1 Å².